The molecular weight excluding hydrogens is 305 g/mol. The number of rotatable bonds is 3. The summed E-state index contributed by atoms with van der Waals surface area (Å²) in [4.78, 5) is 21.6. The van der Waals surface area contributed by atoms with Crippen molar-refractivity contribution in [1.29, 1.82) is 0 Å². The molecule has 0 saturated heterocycles. The third-order valence-corrected chi connectivity index (χ3v) is 2.87. The second-order valence-electron chi connectivity index (χ2n) is 4.33. The number of hydrogen-bond acceptors (Lipinski definition) is 4. The Morgan fingerprint density at radius 1 is 1.32 bits per heavy atom. The summed E-state index contributed by atoms with van der Waals surface area (Å²) in [6.45, 7) is 1.48. The van der Waals surface area contributed by atoms with Gasteiger partial charge in [0.1, 0.15) is 5.76 Å². The van der Waals surface area contributed by atoms with Gasteiger partial charge in [0.2, 0.25) is 0 Å². The van der Waals surface area contributed by atoms with Crippen LogP contribution in [0, 0.1) is 17.0 Å². The van der Waals surface area contributed by atoms with Crippen molar-refractivity contribution in [3.05, 3.63) is 57.5 Å². The van der Waals surface area contributed by atoms with Crippen LogP contribution >= 0.6 is 0 Å². The lowest BCUT2D eigenvalue weighted by atomic mass is 10.1. The summed E-state index contributed by atoms with van der Waals surface area (Å²) in [7, 11) is 0. The van der Waals surface area contributed by atoms with Crippen LogP contribution in [-0.2, 0) is 6.18 Å². The molecule has 0 spiro atoms. The molecule has 0 saturated carbocycles. The van der Waals surface area contributed by atoms with E-state index in [9.17, 15) is 28.1 Å². The smallest absolute Gasteiger partial charge is 0.418 e. The van der Waals surface area contributed by atoms with Crippen molar-refractivity contribution in [2.75, 3.05) is 5.32 Å². The molecule has 0 atom stereocenters. The average molecular weight is 314 g/mol. The summed E-state index contributed by atoms with van der Waals surface area (Å²) in [5, 5.41) is 12.7. The number of non-ortho nitro benzene ring substituents is 1. The Morgan fingerprint density at radius 2 is 2.00 bits per heavy atom. The Balaban J connectivity index is 2.40. The number of furan rings is 1. The van der Waals surface area contributed by atoms with Crippen molar-refractivity contribution in [1.82, 2.24) is 0 Å². The van der Waals surface area contributed by atoms with Gasteiger partial charge in [0, 0.05) is 12.1 Å². The van der Waals surface area contributed by atoms with Gasteiger partial charge in [-0.25, -0.2) is 0 Å². The fourth-order valence-corrected chi connectivity index (χ4v) is 1.80. The van der Waals surface area contributed by atoms with Crippen LogP contribution in [0.4, 0.5) is 24.5 Å². The molecule has 116 valence electrons. The zero-order valence-corrected chi connectivity index (χ0v) is 11.1. The first-order valence-electron chi connectivity index (χ1n) is 5.91. The molecule has 1 heterocycles. The first-order valence-corrected chi connectivity index (χ1v) is 5.91. The van der Waals surface area contributed by atoms with Crippen molar-refractivity contribution in [2.45, 2.75) is 13.1 Å². The minimum Gasteiger partial charge on any atom is -0.469 e. The summed E-state index contributed by atoms with van der Waals surface area (Å²) < 4.78 is 43.8. The van der Waals surface area contributed by atoms with E-state index >= 15 is 0 Å². The van der Waals surface area contributed by atoms with Crippen molar-refractivity contribution < 1.29 is 27.3 Å². The van der Waals surface area contributed by atoms with Gasteiger partial charge in [0.05, 0.1) is 28.0 Å². The second kappa shape index (κ2) is 5.51. The highest BCUT2D eigenvalue weighted by Gasteiger charge is 2.35. The zero-order chi connectivity index (χ0) is 16.5. The highest BCUT2D eigenvalue weighted by atomic mass is 19.4. The number of halogens is 3. The van der Waals surface area contributed by atoms with Gasteiger partial charge in [-0.3, -0.25) is 14.9 Å². The number of benzene rings is 1. The van der Waals surface area contributed by atoms with Crippen LogP contribution in [0.3, 0.4) is 0 Å². The SMILES string of the molecule is Cc1occc1C(=O)Nc1ccc([N+](=O)[O-])cc1C(F)(F)F. The normalized spacial score (nSPS) is 11.3. The van der Waals surface area contributed by atoms with Crippen LogP contribution < -0.4 is 5.32 Å². The van der Waals surface area contributed by atoms with E-state index in [-0.39, 0.29) is 11.3 Å². The van der Waals surface area contributed by atoms with Crippen LogP contribution in [0.1, 0.15) is 21.7 Å². The molecule has 6 nitrogen and oxygen atoms in total. The van der Waals surface area contributed by atoms with E-state index in [0.717, 1.165) is 12.1 Å². The van der Waals surface area contributed by atoms with E-state index < -0.39 is 33.9 Å². The van der Waals surface area contributed by atoms with Crippen LogP contribution in [0.5, 0.6) is 0 Å². The lowest BCUT2D eigenvalue weighted by Crippen LogP contribution is -2.17. The first-order chi connectivity index (χ1) is 10.2. The maximum atomic E-state index is 13.0. The molecule has 0 unspecified atom stereocenters. The van der Waals surface area contributed by atoms with Crippen LogP contribution in [0.2, 0.25) is 0 Å². The number of nitrogens with one attached hydrogen (secondary N) is 1. The quantitative estimate of drug-likeness (QED) is 0.690. The maximum absolute atomic E-state index is 13.0. The number of nitro groups is 1. The number of anilines is 1. The van der Waals surface area contributed by atoms with Crippen LogP contribution in [-0.4, -0.2) is 10.8 Å². The minimum absolute atomic E-state index is 0.0754. The van der Waals surface area contributed by atoms with E-state index in [1.165, 1.54) is 19.3 Å². The number of amides is 1. The highest BCUT2D eigenvalue weighted by molar-refractivity contribution is 6.05. The topological polar surface area (TPSA) is 85.4 Å². The molecule has 1 N–H and O–H groups in total. The summed E-state index contributed by atoms with van der Waals surface area (Å²) in [6, 6.07) is 3.41. The minimum atomic E-state index is -4.85. The van der Waals surface area contributed by atoms with Gasteiger partial charge >= 0.3 is 6.18 Å². The molecule has 0 aliphatic rings. The fourth-order valence-electron chi connectivity index (χ4n) is 1.80. The number of nitro benzene ring substituents is 1. The van der Waals surface area contributed by atoms with Gasteiger partial charge in [0.25, 0.3) is 11.6 Å². The van der Waals surface area contributed by atoms with Crippen molar-refractivity contribution >= 4 is 17.3 Å². The molecule has 1 aromatic heterocycles. The highest BCUT2D eigenvalue weighted by Crippen LogP contribution is 2.37. The van der Waals surface area contributed by atoms with E-state index in [1.54, 1.807) is 0 Å². The number of carbonyl (C=O) groups excluding carboxylic acids is 1. The maximum Gasteiger partial charge on any atom is 0.418 e. The largest absolute Gasteiger partial charge is 0.469 e. The number of nitrogens with zero attached hydrogens (tertiary/aromatic N) is 1. The molecule has 9 heteroatoms. The molecule has 2 rings (SSSR count). The Bertz CT molecular complexity index is 737. The first kappa shape index (κ1) is 15.5. The van der Waals surface area contributed by atoms with Gasteiger partial charge in [-0.05, 0) is 19.1 Å². The van der Waals surface area contributed by atoms with E-state index in [4.69, 9.17) is 4.42 Å². The van der Waals surface area contributed by atoms with Crippen molar-refractivity contribution in [3.63, 3.8) is 0 Å². The number of hydrogen-bond donors (Lipinski definition) is 1. The van der Waals surface area contributed by atoms with Gasteiger partial charge in [-0.15, -0.1) is 0 Å². The van der Waals surface area contributed by atoms with Gasteiger partial charge in [0.15, 0.2) is 0 Å². The predicted molar refractivity (Wildman–Crippen MR) is 69.5 cm³/mol. The Kier molecular flexibility index (Phi) is 3.89. The fraction of sp³-hybridized carbons (Fsp3) is 0.154. The van der Waals surface area contributed by atoms with Crippen molar-refractivity contribution in [2.24, 2.45) is 0 Å². The van der Waals surface area contributed by atoms with E-state index in [2.05, 4.69) is 5.32 Å². The lowest BCUT2D eigenvalue weighted by Gasteiger charge is -2.13. The molecule has 0 aliphatic heterocycles. The van der Waals surface area contributed by atoms with Gasteiger partial charge in [-0.2, -0.15) is 13.2 Å². The van der Waals surface area contributed by atoms with Gasteiger partial charge < -0.3 is 9.73 Å². The Labute approximate surface area is 121 Å². The number of carbonyl (C=O) groups is 1. The third kappa shape index (κ3) is 3.08. The third-order valence-electron chi connectivity index (χ3n) is 2.87. The average Bonchev–Trinajstić information content (AvgIpc) is 2.84. The summed E-state index contributed by atoms with van der Waals surface area (Å²) in [6.07, 6.45) is -3.62. The predicted octanol–water partition coefficient (Wildman–Crippen LogP) is 3.77. The van der Waals surface area contributed by atoms with Crippen molar-refractivity contribution in [3.8, 4) is 0 Å². The molecule has 0 aliphatic carbocycles. The van der Waals surface area contributed by atoms with E-state index in [0.29, 0.717) is 6.07 Å². The Morgan fingerprint density at radius 3 is 2.50 bits per heavy atom. The monoisotopic (exact) mass is 314 g/mol. The number of alkyl halides is 3. The second-order valence-corrected chi connectivity index (χ2v) is 4.33. The molecule has 0 fully saturated rings. The molecule has 0 bridgehead atoms. The summed E-state index contributed by atoms with van der Waals surface area (Å²) >= 11 is 0. The standard InChI is InChI=1S/C13H9F3N2O4/c1-7-9(4-5-22-7)12(19)17-11-3-2-8(18(20)21)6-10(11)13(14,15)16/h2-6H,1H3,(H,17,19). The van der Waals surface area contributed by atoms with E-state index in [1.807, 2.05) is 0 Å². The summed E-state index contributed by atoms with van der Waals surface area (Å²) in [5.41, 5.74) is -2.50. The Hall–Kier alpha value is -2.84. The molecule has 1 aromatic carbocycles. The zero-order valence-electron chi connectivity index (χ0n) is 11.1. The van der Waals surface area contributed by atoms with Crippen LogP contribution in [0.15, 0.2) is 34.9 Å². The van der Waals surface area contributed by atoms with Crippen LogP contribution in [0.25, 0.3) is 0 Å². The molecular formula is C13H9F3N2O4. The summed E-state index contributed by atoms with van der Waals surface area (Å²) in [5.74, 6) is -0.557. The van der Waals surface area contributed by atoms with Gasteiger partial charge in [-0.1, -0.05) is 0 Å². The molecule has 2 aromatic rings. The lowest BCUT2D eigenvalue weighted by molar-refractivity contribution is -0.385. The number of aryl methyl sites for hydroxylation is 1. The molecule has 22 heavy (non-hydrogen) atoms. The molecule has 1 amide bonds. The molecule has 0 radical (unpaired) electrons.